The van der Waals surface area contributed by atoms with Crippen molar-refractivity contribution in [2.75, 3.05) is 13.1 Å². The lowest BCUT2D eigenvalue weighted by Crippen LogP contribution is -2.33. The van der Waals surface area contributed by atoms with Gasteiger partial charge in [0.15, 0.2) is 0 Å². The molecule has 18 heavy (non-hydrogen) atoms. The van der Waals surface area contributed by atoms with Gasteiger partial charge >= 0.3 is 0 Å². The van der Waals surface area contributed by atoms with Crippen LogP contribution in [0.1, 0.15) is 30.6 Å². The number of thiophene rings is 1. The largest absolute Gasteiger partial charge is 0.331 e. The first kappa shape index (κ1) is 13.2. The van der Waals surface area contributed by atoms with Crippen molar-refractivity contribution in [3.63, 3.8) is 0 Å². The van der Waals surface area contributed by atoms with Crippen molar-refractivity contribution in [2.45, 2.75) is 32.1 Å². The second kappa shape index (κ2) is 6.61. The average molecular weight is 261 g/mol. The predicted octanol–water partition coefficient (Wildman–Crippen LogP) is 2.94. The summed E-state index contributed by atoms with van der Waals surface area (Å²) in [4.78, 5) is 15.3. The van der Waals surface area contributed by atoms with Crippen LogP contribution in [0.25, 0.3) is 0 Å². The van der Waals surface area contributed by atoms with Crippen LogP contribution in [-0.4, -0.2) is 23.9 Å². The predicted molar refractivity (Wildman–Crippen MR) is 75.4 cm³/mol. The zero-order valence-electron chi connectivity index (χ0n) is 10.6. The maximum Gasteiger partial charge on any atom is 0.223 e. The number of hydrogen-bond donors (Lipinski definition) is 0. The van der Waals surface area contributed by atoms with E-state index in [9.17, 15) is 4.79 Å². The van der Waals surface area contributed by atoms with E-state index in [4.69, 9.17) is 6.42 Å². The Labute approximate surface area is 113 Å². The lowest BCUT2D eigenvalue weighted by atomic mass is 10.2. The number of aryl methyl sites for hydroxylation is 1. The van der Waals surface area contributed by atoms with Gasteiger partial charge in [-0.25, -0.2) is 0 Å². The van der Waals surface area contributed by atoms with Gasteiger partial charge in [0.1, 0.15) is 0 Å². The van der Waals surface area contributed by atoms with E-state index < -0.39 is 0 Å². The molecule has 0 atom stereocenters. The molecule has 1 aromatic rings. The van der Waals surface area contributed by atoms with Crippen molar-refractivity contribution in [3.8, 4) is 12.3 Å². The average Bonchev–Trinajstić information content (AvgIpc) is 3.02. The van der Waals surface area contributed by atoms with Crippen LogP contribution in [0.2, 0.25) is 0 Å². The molecule has 1 fully saturated rings. The molecule has 1 amide bonds. The fraction of sp³-hybridized carbons (Fsp3) is 0.533. The van der Waals surface area contributed by atoms with Crippen LogP contribution < -0.4 is 0 Å². The van der Waals surface area contributed by atoms with Gasteiger partial charge in [0, 0.05) is 17.8 Å². The van der Waals surface area contributed by atoms with Crippen molar-refractivity contribution in [1.82, 2.24) is 4.90 Å². The lowest BCUT2D eigenvalue weighted by molar-refractivity contribution is -0.130. The molecule has 0 aromatic carbocycles. The van der Waals surface area contributed by atoms with Crippen LogP contribution in [0.15, 0.2) is 17.5 Å². The SMILES string of the molecule is C#CCN(CC1CC1)C(=O)CCCc1cccs1. The first-order chi connectivity index (χ1) is 8.79. The minimum Gasteiger partial charge on any atom is -0.331 e. The molecule has 0 N–H and O–H groups in total. The van der Waals surface area contributed by atoms with Crippen molar-refractivity contribution in [2.24, 2.45) is 5.92 Å². The molecule has 1 aromatic heterocycles. The molecule has 0 bridgehead atoms. The monoisotopic (exact) mass is 261 g/mol. The quantitative estimate of drug-likeness (QED) is 0.691. The molecule has 1 aliphatic carbocycles. The molecule has 0 saturated heterocycles. The maximum absolute atomic E-state index is 12.1. The van der Waals surface area contributed by atoms with Crippen molar-refractivity contribution < 1.29 is 4.79 Å². The molecular weight excluding hydrogens is 242 g/mol. The van der Waals surface area contributed by atoms with E-state index in [1.54, 1.807) is 11.3 Å². The van der Waals surface area contributed by atoms with E-state index in [-0.39, 0.29) is 5.91 Å². The summed E-state index contributed by atoms with van der Waals surface area (Å²) < 4.78 is 0. The van der Waals surface area contributed by atoms with Crippen molar-refractivity contribution >= 4 is 17.2 Å². The molecule has 96 valence electrons. The highest BCUT2D eigenvalue weighted by molar-refractivity contribution is 7.09. The van der Waals surface area contributed by atoms with Gasteiger partial charge < -0.3 is 4.90 Å². The highest BCUT2D eigenvalue weighted by Gasteiger charge is 2.25. The Bertz CT molecular complexity index is 414. The fourth-order valence-electron chi connectivity index (χ4n) is 2.00. The highest BCUT2D eigenvalue weighted by atomic mass is 32.1. The Hall–Kier alpha value is -1.27. The molecule has 0 spiro atoms. The van der Waals surface area contributed by atoms with E-state index in [0.717, 1.165) is 19.4 Å². The molecule has 2 rings (SSSR count). The number of amides is 1. The minimum atomic E-state index is 0.219. The second-order valence-corrected chi connectivity index (χ2v) is 5.89. The zero-order chi connectivity index (χ0) is 12.8. The summed E-state index contributed by atoms with van der Waals surface area (Å²) in [5, 5.41) is 2.08. The zero-order valence-corrected chi connectivity index (χ0v) is 11.4. The van der Waals surface area contributed by atoms with Crippen LogP contribution >= 0.6 is 11.3 Å². The number of nitrogens with zero attached hydrogens (tertiary/aromatic N) is 1. The molecule has 2 nitrogen and oxygen atoms in total. The van der Waals surface area contributed by atoms with Crippen LogP contribution in [0.4, 0.5) is 0 Å². The van der Waals surface area contributed by atoms with Gasteiger partial charge in [0.2, 0.25) is 5.91 Å². The third kappa shape index (κ3) is 4.19. The maximum atomic E-state index is 12.1. The van der Waals surface area contributed by atoms with Crippen LogP contribution in [0.3, 0.4) is 0 Å². The Morgan fingerprint density at radius 3 is 3.00 bits per heavy atom. The fourth-order valence-corrected chi connectivity index (χ4v) is 2.75. The standard InChI is InChI=1S/C15H19NOS/c1-2-10-16(12-13-8-9-13)15(17)7-3-5-14-6-4-11-18-14/h1,4,6,11,13H,3,5,7-10,12H2. The van der Waals surface area contributed by atoms with E-state index in [1.165, 1.54) is 17.7 Å². The molecule has 0 radical (unpaired) electrons. The number of carbonyl (C=O) groups is 1. The van der Waals surface area contributed by atoms with Crippen molar-refractivity contribution in [1.29, 1.82) is 0 Å². The van der Waals surface area contributed by atoms with Crippen molar-refractivity contribution in [3.05, 3.63) is 22.4 Å². The Balaban J connectivity index is 1.72. The van der Waals surface area contributed by atoms with E-state index >= 15 is 0 Å². The number of rotatable bonds is 7. The number of terminal acetylenes is 1. The molecule has 0 unspecified atom stereocenters. The normalized spacial score (nSPS) is 14.2. The minimum absolute atomic E-state index is 0.219. The van der Waals surface area contributed by atoms with Gasteiger partial charge in [0.05, 0.1) is 6.54 Å². The first-order valence-electron chi connectivity index (χ1n) is 6.53. The molecule has 0 aliphatic heterocycles. The second-order valence-electron chi connectivity index (χ2n) is 4.85. The number of carbonyl (C=O) groups excluding carboxylic acids is 1. The molecule has 3 heteroatoms. The highest BCUT2D eigenvalue weighted by Crippen LogP contribution is 2.29. The third-order valence-corrected chi connectivity index (χ3v) is 4.14. The third-order valence-electron chi connectivity index (χ3n) is 3.20. The summed E-state index contributed by atoms with van der Waals surface area (Å²) in [7, 11) is 0. The van der Waals surface area contributed by atoms with E-state index in [2.05, 4.69) is 23.4 Å². The van der Waals surface area contributed by atoms with Crippen LogP contribution in [0, 0.1) is 18.3 Å². The Morgan fingerprint density at radius 2 is 2.39 bits per heavy atom. The van der Waals surface area contributed by atoms with Gasteiger partial charge in [0.25, 0.3) is 0 Å². The molecule has 1 saturated carbocycles. The molecular formula is C15H19NOS. The van der Waals surface area contributed by atoms with Gasteiger partial charge in [-0.2, -0.15) is 0 Å². The van der Waals surface area contributed by atoms with E-state index in [0.29, 0.717) is 18.9 Å². The first-order valence-corrected chi connectivity index (χ1v) is 7.41. The van der Waals surface area contributed by atoms with Gasteiger partial charge in [-0.05, 0) is 43.0 Å². The van der Waals surface area contributed by atoms with E-state index in [1.807, 2.05) is 4.90 Å². The Morgan fingerprint density at radius 1 is 1.56 bits per heavy atom. The summed E-state index contributed by atoms with van der Waals surface area (Å²) in [6, 6.07) is 4.18. The van der Waals surface area contributed by atoms with Gasteiger partial charge in [-0.1, -0.05) is 12.0 Å². The summed E-state index contributed by atoms with van der Waals surface area (Å²) in [6.07, 6.45) is 10.4. The smallest absolute Gasteiger partial charge is 0.223 e. The van der Waals surface area contributed by atoms with Gasteiger partial charge in [-0.3, -0.25) is 4.79 Å². The summed E-state index contributed by atoms with van der Waals surface area (Å²) >= 11 is 1.76. The van der Waals surface area contributed by atoms with Crippen LogP contribution in [-0.2, 0) is 11.2 Å². The lowest BCUT2D eigenvalue weighted by Gasteiger charge is -2.19. The topological polar surface area (TPSA) is 20.3 Å². The molecule has 1 heterocycles. The summed E-state index contributed by atoms with van der Waals surface area (Å²) in [5.74, 6) is 3.52. The summed E-state index contributed by atoms with van der Waals surface area (Å²) in [5.41, 5.74) is 0. The van der Waals surface area contributed by atoms with Crippen LogP contribution in [0.5, 0.6) is 0 Å². The Kier molecular flexibility index (Phi) is 4.83. The summed E-state index contributed by atoms with van der Waals surface area (Å²) in [6.45, 7) is 1.33. The number of hydrogen-bond acceptors (Lipinski definition) is 2. The van der Waals surface area contributed by atoms with Gasteiger partial charge in [-0.15, -0.1) is 17.8 Å². The molecule has 1 aliphatic rings.